The second kappa shape index (κ2) is 3.87. The van der Waals surface area contributed by atoms with Gasteiger partial charge in [0.15, 0.2) is 6.29 Å². The third-order valence-corrected chi connectivity index (χ3v) is 2.52. The molecule has 0 spiro atoms. The second-order valence-corrected chi connectivity index (χ2v) is 3.71. The largest absolute Gasteiger partial charge is 0.298 e. The summed E-state index contributed by atoms with van der Waals surface area (Å²) in [5.41, 5.74) is 3.07. The van der Waals surface area contributed by atoms with Gasteiger partial charge in [0.2, 0.25) is 0 Å². The van der Waals surface area contributed by atoms with E-state index in [1.54, 1.807) is 0 Å². The highest BCUT2D eigenvalue weighted by atomic mass is 35.5. The summed E-state index contributed by atoms with van der Waals surface area (Å²) in [6.45, 7) is 1.97. The van der Waals surface area contributed by atoms with E-state index in [9.17, 15) is 4.79 Å². The van der Waals surface area contributed by atoms with Gasteiger partial charge in [-0.3, -0.25) is 9.89 Å². The Labute approximate surface area is 92.1 Å². The number of nitrogens with one attached hydrogen (secondary N) is 1. The zero-order chi connectivity index (χ0) is 10.8. The van der Waals surface area contributed by atoms with E-state index in [1.165, 1.54) is 6.20 Å². The molecule has 0 radical (unpaired) electrons. The molecule has 0 amide bonds. The number of aromatic amines is 1. The molecule has 1 N–H and O–H groups in total. The minimum absolute atomic E-state index is 0.516. The number of rotatable bonds is 2. The Morgan fingerprint density at radius 2 is 2.27 bits per heavy atom. The van der Waals surface area contributed by atoms with Crippen molar-refractivity contribution < 1.29 is 4.79 Å². The van der Waals surface area contributed by atoms with Crippen LogP contribution in [-0.2, 0) is 0 Å². The number of aldehydes is 1. The summed E-state index contributed by atoms with van der Waals surface area (Å²) in [5, 5.41) is 7.21. The minimum atomic E-state index is 0.516. The van der Waals surface area contributed by atoms with Crippen LogP contribution in [-0.4, -0.2) is 16.5 Å². The molecule has 2 aromatic rings. The molecule has 1 aromatic heterocycles. The summed E-state index contributed by atoms with van der Waals surface area (Å²) < 4.78 is 0. The molecule has 0 fully saturated rings. The van der Waals surface area contributed by atoms with E-state index in [1.807, 2.05) is 25.1 Å². The van der Waals surface area contributed by atoms with Crippen LogP contribution in [0.4, 0.5) is 0 Å². The fourth-order valence-corrected chi connectivity index (χ4v) is 1.64. The Bertz CT molecular complexity index is 505. The zero-order valence-electron chi connectivity index (χ0n) is 8.12. The first kappa shape index (κ1) is 9.93. The molecule has 2 rings (SSSR count). The molecular weight excluding hydrogens is 212 g/mol. The van der Waals surface area contributed by atoms with Gasteiger partial charge in [-0.2, -0.15) is 5.10 Å². The van der Waals surface area contributed by atoms with Crippen molar-refractivity contribution in [2.24, 2.45) is 0 Å². The number of hydrogen-bond donors (Lipinski definition) is 1. The molecule has 1 heterocycles. The second-order valence-electron chi connectivity index (χ2n) is 3.30. The van der Waals surface area contributed by atoms with Gasteiger partial charge in [-0.05, 0) is 19.1 Å². The van der Waals surface area contributed by atoms with Gasteiger partial charge in [-0.1, -0.05) is 23.2 Å². The molecule has 15 heavy (non-hydrogen) atoms. The summed E-state index contributed by atoms with van der Waals surface area (Å²) in [4.78, 5) is 10.8. The molecule has 0 aliphatic heterocycles. The van der Waals surface area contributed by atoms with Gasteiger partial charge in [0.1, 0.15) is 0 Å². The Morgan fingerprint density at radius 1 is 1.47 bits per heavy atom. The number of benzene rings is 1. The Morgan fingerprint density at radius 3 is 3.00 bits per heavy atom. The van der Waals surface area contributed by atoms with Crippen LogP contribution < -0.4 is 0 Å². The van der Waals surface area contributed by atoms with Crippen LogP contribution in [0.15, 0.2) is 24.4 Å². The molecule has 1 aromatic carbocycles. The van der Waals surface area contributed by atoms with Gasteiger partial charge in [0, 0.05) is 10.6 Å². The number of carbonyl (C=O) groups is 1. The standard InChI is InChI=1S/C11H9ClN2O/c1-7-2-3-10(12)9(4-7)11-8(6-15)5-13-14-11/h2-6H,1H3,(H,13,14). The van der Waals surface area contributed by atoms with Gasteiger partial charge < -0.3 is 0 Å². The normalized spacial score (nSPS) is 10.3. The zero-order valence-corrected chi connectivity index (χ0v) is 8.88. The fraction of sp³-hybridized carbons (Fsp3) is 0.0909. The SMILES string of the molecule is Cc1ccc(Cl)c(-c2[nH]ncc2C=O)c1. The number of aryl methyl sites for hydroxylation is 1. The van der Waals surface area contributed by atoms with E-state index in [2.05, 4.69) is 10.2 Å². The van der Waals surface area contributed by atoms with Gasteiger partial charge in [-0.15, -0.1) is 0 Å². The van der Waals surface area contributed by atoms with Gasteiger partial charge in [0.05, 0.1) is 17.5 Å². The van der Waals surface area contributed by atoms with E-state index >= 15 is 0 Å². The number of H-pyrrole nitrogens is 1. The number of aromatic nitrogens is 2. The van der Waals surface area contributed by atoms with Crippen LogP contribution in [0.3, 0.4) is 0 Å². The van der Waals surface area contributed by atoms with Crippen molar-refractivity contribution in [3.05, 3.63) is 40.5 Å². The van der Waals surface area contributed by atoms with Crippen LogP contribution >= 0.6 is 11.6 Å². The summed E-state index contributed by atoms with van der Waals surface area (Å²) in [7, 11) is 0. The molecule has 0 saturated heterocycles. The topological polar surface area (TPSA) is 45.8 Å². The average molecular weight is 221 g/mol. The molecule has 0 atom stereocenters. The first-order valence-corrected chi connectivity index (χ1v) is 4.85. The maximum Gasteiger partial charge on any atom is 0.153 e. The van der Waals surface area contributed by atoms with Gasteiger partial charge in [0.25, 0.3) is 0 Å². The number of carbonyl (C=O) groups excluding carboxylic acids is 1. The average Bonchev–Trinajstić information content (AvgIpc) is 2.69. The number of nitrogens with zero attached hydrogens (tertiary/aromatic N) is 1. The van der Waals surface area contributed by atoms with E-state index in [4.69, 9.17) is 11.6 Å². The lowest BCUT2D eigenvalue weighted by Crippen LogP contribution is -1.86. The summed E-state index contributed by atoms with van der Waals surface area (Å²) in [6.07, 6.45) is 2.25. The predicted molar refractivity (Wildman–Crippen MR) is 59.2 cm³/mol. The first-order chi connectivity index (χ1) is 7.22. The van der Waals surface area contributed by atoms with Crippen LogP contribution in [0.2, 0.25) is 5.02 Å². The molecule has 76 valence electrons. The molecule has 0 aliphatic rings. The molecule has 3 nitrogen and oxygen atoms in total. The van der Waals surface area contributed by atoms with Crippen molar-refractivity contribution in [2.75, 3.05) is 0 Å². The Kier molecular flexibility index (Phi) is 2.56. The highest BCUT2D eigenvalue weighted by molar-refractivity contribution is 6.33. The van der Waals surface area contributed by atoms with E-state index in [-0.39, 0.29) is 0 Å². The smallest absolute Gasteiger partial charge is 0.153 e. The maximum absolute atomic E-state index is 10.8. The van der Waals surface area contributed by atoms with E-state index in [0.717, 1.165) is 17.4 Å². The van der Waals surface area contributed by atoms with Gasteiger partial charge in [-0.25, -0.2) is 0 Å². The molecule has 0 bridgehead atoms. The van der Waals surface area contributed by atoms with Crippen molar-refractivity contribution >= 4 is 17.9 Å². The lowest BCUT2D eigenvalue weighted by molar-refractivity contribution is 0.112. The van der Waals surface area contributed by atoms with Crippen LogP contribution in [0.1, 0.15) is 15.9 Å². The molecule has 0 saturated carbocycles. The van der Waals surface area contributed by atoms with E-state index in [0.29, 0.717) is 16.3 Å². The third kappa shape index (κ3) is 1.78. The molecule has 0 unspecified atom stereocenters. The molecule has 4 heteroatoms. The van der Waals surface area contributed by atoms with Crippen molar-refractivity contribution in [1.82, 2.24) is 10.2 Å². The first-order valence-electron chi connectivity index (χ1n) is 4.47. The van der Waals surface area contributed by atoms with Crippen molar-refractivity contribution in [3.63, 3.8) is 0 Å². The monoisotopic (exact) mass is 220 g/mol. The highest BCUT2D eigenvalue weighted by Gasteiger charge is 2.10. The van der Waals surface area contributed by atoms with Crippen molar-refractivity contribution in [2.45, 2.75) is 6.92 Å². The molecule has 0 aliphatic carbocycles. The Hall–Kier alpha value is -1.61. The summed E-state index contributed by atoms with van der Waals surface area (Å²) >= 11 is 6.05. The number of halogens is 1. The summed E-state index contributed by atoms with van der Waals surface area (Å²) in [6, 6.07) is 5.65. The van der Waals surface area contributed by atoms with Crippen LogP contribution in [0, 0.1) is 6.92 Å². The van der Waals surface area contributed by atoms with E-state index < -0.39 is 0 Å². The maximum atomic E-state index is 10.8. The summed E-state index contributed by atoms with van der Waals surface area (Å²) in [5.74, 6) is 0. The highest BCUT2D eigenvalue weighted by Crippen LogP contribution is 2.28. The quantitative estimate of drug-likeness (QED) is 0.791. The van der Waals surface area contributed by atoms with Crippen LogP contribution in [0.5, 0.6) is 0 Å². The third-order valence-electron chi connectivity index (χ3n) is 2.19. The predicted octanol–water partition coefficient (Wildman–Crippen LogP) is 2.85. The molecular formula is C11H9ClN2O. The lowest BCUT2D eigenvalue weighted by Gasteiger charge is -2.03. The lowest BCUT2D eigenvalue weighted by atomic mass is 10.1. The number of hydrogen-bond acceptors (Lipinski definition) is 2. The fourth-order valence-electron chi connectivity index (χ4n) is 1.43. The van der Waals surface area contributed by atoms with Crippen molar-refractivity contribution in [1.29, 1.82) is 0 Å². The van der Waals surface area contributed by atoms with Gasteiger partial charge >= 0.3 is 0 Å². The van der Waals surface area contributed by atoms with Crippen LogP contribution in [0.25, 0.3) is 11.3 Å². The van der Waals surface area contributed by atoms with Crippen molar-refractivity contribution in [3.8, 4) is 11.3 Å². The Balaban J connectivity index is 2.62. The minimum Gasteiger partial charge on any atom is -0.298 e.